The summed E-state index contributed by atoms with van der Waals surface area (Å²) in [6.45, 7) is 20.9. The van der Waals surface area contributed by atoms with E-state index in [2.05, 4.69) is 135 Å². The summed E-state index contributed by atoms with van der Waals surface area (Å²) >= 11 is 6.57. The first kappa shape index (κ1) is 25.7. The first-order chi connectivity index (χ1) is 15.2. The van der Waals surface area contributed by atoms with Crippen LogP contribution in [0.1, 0.15) is 90.1 Å². The molecule has 0 radical (unpaired) electrons. The summed E-state index contributed by atoms with van der Waals surface area (Å²) in [4.78, 5) is 0. The molecular weight excluding hydrogens is 435 g/mol. The van der Waals surface area contributed by atoms with Gasteiger partial charge in [-0.3, -0.25) is 0 Å². The standard InChI is InChI=1S/C31H39PS/c1-29(2,3)24-20-25(30(4,5)6)28(26(21-24)31(7,8)9)32(33)27(22-16-12-10-13-17-22)23-18-14-11-15-19-23/h10-21H,1-9H3. The zero-order chi connectivity index (χ0) is 24.6. The van der Waals surface area contributed by atoms with Gasteiger partial charge >= 0.3 is 0 Å². The number of hydrogen-bond donors (Lipinski definition) is 0. The largest absolute Gasteiger partial charge is 0.0622 e. The van der Waals surface area contributed by atoms with Crippen LogP contribution < -0.4 is 5.30 Å². The third-order valence-electron chi connectivity index (χ3n) is 6.09. The minimum absolute atomic E-state index is 0.00548. The number of benzene rings is 3. The van der Waals surface area contributed by atoms with Gasteiger partial charge in [0.15, 0.2) is 0 Å². The lowest BCUT2D eigenvalue weighted by Crippen LogP contribution is -2.30. The molecule has 3 rings (SSSR count). The monoisotopic (exact) mass is 474 g/mol. The highest BCUT2D eigenvalue weighted by Gasteiger charge is 2.30. The normalized spacial score (nSPS) is 13.1. The van der Waals surface area contributed by atoms with E-state index in [9.17, 15) is 0 Å². The highest BCUT2D eigenvalue weighted by molar-refractivity contribution is 8.08. The number of rotatable bonds is 3. The Labute approximate surface area is 207 Å². The van der Waals surface area contributed by atoms with E-state index >= 15 is 0 Å². The van der Waals surface area contributed by atoms with Gasteiger partial charge in [0.25, 0.3) is 0 Å². The summed E-state index contributed by atoms with van der Waals surface area (Å²) in [5, 5.41) is 2.65. The summed E-state index contributed by atoms with van der Waals surface area (Å²) in [5.74, 6) is 0. The molecule has 0 fully saturated rings. The maximum atomic E-state index is 6.57. The van der Waals surface area contributed by atoms with Crippen molar-refractivity contribution in [3.63, 3.8) is 0 Å². The number of hydrogen-bond acceptors (Lipinski definition) is 1. The molecule has 0 saturated heterocycles. The van der Waals surface area contributed by atoms with Crippen LogP contribution in [0.2, 0.25) is 0 Å². The molecule has 0 heterocycles. The van der Waals surface area contributed by atoms with E-state index in [4.69, 9.17) is 11.8 Å². The molecule has 1 atom stereocenters. The molecule has 0 aromatic heterocycles. The molecule has 174 valence electrons. The lowest BCUT2D eigenvalue weighted by atomic mass is 9.75. The van der Waals surface area contributed by atoms with Crippen molar-refractivity contribution in [3.05, 3.63) is 101 Å². The molecule has 2 heteroatoms. The predicted octanol–water partition coefficient (Wildman–Crippen LogP) is 8.42. The fourth-order valence-electron chi connectivity index (χ4n) is 4.13. The van der Waals surface area contributed by atoms with Crippen molar-refractivity contribution >= 4 is 28.7 Å². The molecule has 3 aromatic carbocycles. The fourth-order valence-corrected chi connectivity index (χ4v) is 7.59. The van der Waals surface area contributed by atoms with Crippen LogP contribution in [0.25, 0.3) is 0 Å². The van der Waals surface area contributed by atoms with Crippen LogP contribution in [0.15, 0.2) is 72.8 Å². The maximum Gasteiger partial charge on any atom is 0.0231 e. The molecule has 0 aliphatic heterocycles. The average molecular weight is 475 g/mol. The fraction of sp³-hybridized carbons (Fsp3) is 0.387. The van der Waals surface area contributed by atoms with Gasteiger partial charge in [0.1, 0.15) is 0 Å². The average Bonchev–Trinajstić information content (AvgIpc) is 2.72. The molecule has 33 heavy (non-hydrogen) atoms. The summed E-state index contributed by atoms with van der Waals surface area (Å²) < 4.78 is 0. The zero-order valence-electron chi connectivity index (χ0n) is 21.8. The summed E-state index contributed by atoms with van der Waals surface area (Å²) in [6, 6.07) is 26.4. The van der Waals surface area contributed by atoms with E-state index < -0.39 is 6.32 Å². The summed E-state index contributed by atoms with van der Waals surface area (Å²) in [7, 11) is 0. The van der Waals surface area contributed by atoms with Gasteiger partial charge in [0.05, 0.1) is 0 Å². The molecule has 3 aromatic rings. The molecule has 0 bridgehead atoms. The Morgan fingerprint density at radius 2 is 0.939 bits per heavy atom. The molecule has 1 unspecified atom stereocenters. The van der Waals surface area contributed by atoms with Gasteiger partial charge < -0.3 is 0 Å². The smallest absolute Gasteiger partial charge is 0.0231 e. The molecule has 0 nitrogen and oxygen atoms in total. The van der Waals surface area contributed by atoms with Gasteiger partial charge in [-0.05, 0) is 50.4 Å². The Bertz CT molecular complexity index is 1120. The Morgan fingerprint density at radius 1 is 0.576 bits per heavy atom. The Morgan fingerprint density at radius 3 is 1.24 bits per heavy atom. The van der Waals surface area contributed by atoms with Crippen LogP contribution in [0, 0.1) is 0 Å². The first-order valence-electron chi connectivity index (χ1n) is 11.9. The Hall–Kier alpha value is -1.95. The Kier molecular flexibility index (Phi) is 7.28. The lowest BCUT2D eigenvalue weighted by molar-refractivity contribution is 0.554. The molecule has 0 N–H and O–H groups in total. The molecule has 0 aliphatic carbocycles. The third kappa shape index (κ3) is 5.76. The van der Waals surface area contributed by atoms with Crippen molar-refractivity contribution < 1.29 is 0 Å². The van der Waals surface area contributed by atoms with Crippen LogP contribution >= 0.6 is 6.32 Å². The van der Waals surface area contributed by atoms with Crippen LogP contribution in [-0.2, 0) is 28.1 Å². The summed E-state index contributed by atoms with van der Waals surface area (Å²) in [6.07, 6.45) is -1.01. The zero-order valence-corrected chi connectivity index (χ0v) is 23.5. The highest BCUT2D eigenvalue weighted by atomic mass is 32.4. The third-order valence-corrected chi connectivity index (χ3v) is 9.00. The minimum atomic E-state index is -1.01. The SMILES string of the molecule is CC(C)(C)c1cc(C(C)(C)C)c(P(=S)=C(c2ccccc2)c2ccccc2)c(C(C)(C)C)c1. The highest BCUT2D eigenvalue weighted by Crippen LogP contribution is 2.38. The van der Waals surface area contributed by atoms with Crippen LogP contribution in [0.3, 0.4) is 0 Å². The second kappa shape index (κ2) is 9.36. The van der Waals surface area contributed by atoms with Crippen LogP contribution in [0.4, 0.5) is 0 Å². The van der Waals surface area contributed by atoms with Gasteiger partial charge in [-0.1, -0.05) is 147 Å². The molecule has 0 spiro atoms. The van der Waals surface area contributed by atoms with Gasteiger partial charge in [-0.25, -0.2) is 0 Å². The van der Waals surface area contributed by atoms with E-state index in [1.807, 2.05) is 0 Å². The quantitative estimate of drug-likeness (QED) is 0.343. The molecule has 0 amide bonds. The van der Waals surface area contributed by atoms with Gasteiger partial charge in [0, 0.05) is 10.6 Å². The van der Waals surface area contributed by atoms with E-state index in [-0.39, 0.29) is 16.2 Å². The van der Waals surface area contributed by atoms with Crippen LogP contribution in [-0.4, -0.2) is 5.29 Å². The van der Waals surface area contributed by atoms with Gasteiger partial charge in [-0.15, -0.1) is 0 Å². The lowest BCUT2D eigenvalue weighted by Gasteiger charge is -2.33. The van der Waals surface area contributed by atoms with E-state index in [0.717, 1.165) is 0 Å². The van der Waals surface area contributed by atoms with Crippen LogP contribution in [0.5, 0.6) is 0 Å². The van der Waals surface area contributed by atoms with Crippen molar-refractivity contribution in [2.75, 3.05) is 0 Å². The second-order valence-electron chi connectivity index (χ2n) is 12.0. The van der Waals surface area contributed by atoms with Crippen molar-refractivity contribution in [1.29, 1.82) is 0 Å². The molecule has 0 aliphatic rings. The topological polar surface area (TPSA) is 0 Å². The van der Waals surface area contributed by atoms with Gasteiger partial charge in [0.2, 0.25) is 0 Å². The maximum absolute atomic E-state index is 6.57. The van der Waals surface area contributed by atoms with E-state index in [1.165, 1.54) is 38.4 Å². The summed E-state index contributed by atoms with van der Waals surface area (Å²) in [5.41, 5.74) is 6.70. The van der Waals surface area contributed by atoms with Crippen molar-refractivity contribution in [3.8, 4) is 0 Å². The Balaban J connectivity index is 2.54. The van der Waals surface area contributed by atoms with E-state index in [0.29, 0.717) is 0 Å². The van der Waals surface area contributed by atoms with Crippen molar-refractivity contribution in [2.45, 2.75) is 78.6 Å². The van der Waals surface area contributed by atoms with Crippen molar-refractivity contribution in [2.24, 2.45) is 0 Å². The van der Waals surface area contributed by atoms with E-state index in [1.54, 1.807) is 0 Å². The van der Waals surface area contributed by atoms with Gasteiger partial charge in [-0.2, -0.15) is 0 Å². The minimum Gasteiger partial charge on any atom is -0.0622 e. The molecule has 0 saturated carbocycles. The predicted molar refractivity (Wildman–Crippen MR) is 153 cm³/mol. The van der Waals surface area contributed by atoms with Crippen molar-refractivity contribution in [1.82, 2.24) is 0 Å². The first-order valence-corrected chi connectivity index (χ1v) is 14.2. The molecular formula is C31H39PS. The second-order valence-corrected chi connectivity index (χ2v) is 14.6.